The van der Waals surface area contributed by atoms with Crippen molar-refractivity contribution in [2.45, 2.75) is 6.42 Å². The van der Waals surface area contributed by atoms with Crippen LogP contribution < -0.4 is 9.64 Å². The molecule has 2 heterocycles. The minimum atomic E-state index is -0.0318. The van der Waals surface area contributed by atoms with Crippen LogP contribution >= 0.6 is 22.9 Å². The molecule has 0 saturated heterocycles. The normalized spacial score (nSPS) is 13.1. The Bertz CT molecular complexity index is 1240. The van der Waals surface area contributed by atoms with Crippen LogP contribution in [-0.2, 0) is 11.2 Å². The van der Waals surface area contributed by atoms with Crippen molar-refractivity contribution in [1.29, 1.82) is 0 Å². The summed E-state index contributed by atoms with van der Waals surface area (Å²) in [5, 5.41) is 3.56. The number of amides is 1. The molecular formula is C25H19ClN2O2S. The van der Waals surface area contributed by atoms with Gasteiger partial charge in [-0.05, 0) is 36.2 Å². The van der Waals surface area contributed by atoms with Gasteiger partial charge in [-0.25, -0.2) is 4.98 Å². The number of ether oxygens (including phenoxy) is 1. The van der Waals surface area contributed by atoms with Crippen molar-refractivity contribution in [1.82, 2.24) is 4.98 Å². The summed E-state index contributed by atoms with van der Waals surface area (Å²) in [6.45, 7) is 0.666. The molecule has 0 spiro atoms. The van der Waals surface area contributed by atoms with E-state index in [1.54, 1.807) is 11.3 Å². The molecule has 0 radical (unpaired) electrons. The first-order valence-corrected chi connectivity index (χ1v) is 11.3. The van der Waals surface area contributed by atoms with E-state index >= 15 is 0 Å². The predicted molar refractivity (Wildman–Crippen MR) is 126 cm³/mol. The molecule has 1 aliphatic heterocycles. The van der Waals surface area contributed by atoms with Crippen LogP contribution in [0.2, 0.25) is 5.02 Å². The third-order valence-electron chi connectivity index (χ3n) is 5.27. The van der Waals surface area contributed by atoms with Crippen molar-refractivity contribution in [2.24, 2.45) is 0 Å². The Morgan fingerprint density at radius 3 is 2.68 bits per heavy atom. The van der Waals surface area contributed by atoms with Gasteiger partial charge in [0.1, 0.15) is 10.8 Å². The highest BCUT2D eigenvalue weighted by atomic mass is 35.5. The topological polar surface area (TPSA) is 42.4 Å². The van der Waals surface area contributed by atoms with Crippen LogP contribution in [-0.4, -0.2) is 24.0 Å². The Morgan fingerprint density at radius 1 is 1.03 bits per heavy atom. The summed E-state index contributed by atoms with van der Waals surface area (Å²) in [5.41, 5.74) is 4.70. The van der Waals surface area contributed by atoms with E-state index in [9.17, 15) is 4.79 Å². The molecule has 5 rings (SSSR count). The van der Waals surface area contributed by atoms with Crippen LogP contribution in [0, 0.1) is 0 Å². The molecule has 1 amide bonds. The van der Waals surface area contributed by atoms with Crippen LogP contribution in [0.25, 0.3) is 21.8 Å². The Kier molecular flexibility index (Phi) is 5.45. The van der Waals surface area contributed by atoms with Crippen molar-refractivity contribution < 1.29 is 9.53 Å². The molecule has 4 aromatic rings. The molecule has 1 aliphatic rings. The number of benzene rings is 3. The average molecular weight is 447 g/mol. The third kappa shape index (κ3) is 4.07. The minimum Gasteiger partial charge on any atom is -0.482 e. The highest BCUT2D eigenvalue weighted by molar-refractivity contribution is 7.13. The molecule has 0 aliphatic carbocycles. The third-order valence-corrected chi connectivity index (χ3v) is 6.48. The standard InChI is InChI=1S/C25H19ClN2O2S/c26-20-9-5-4-8-19(20)25-27-21(16-31-25)18-10-11-23-22(14-18)28(24(29)15-30-23)13-12-17-6-2-1-3-7-17/h1-11,14,16H,12-13,15H2. The van der Waals surface area contributed by atoms with Gasteiger partial charge in [0.15, 0.2) is 6.61 Å². The van der Waals surface area contributed by atoms with Gasteiger partial charge in [0, 0.05) is 23.1 Å². The monoisotopic (exact) mass is 446 g/mol. The number of rotatable bonds is 5. The fraction of sp³-hybridized carbons (Fsp3) is 0.120. The number of halogens is 1. The van der Waals surface area contributed by atoms with E-state index in [0.717, 1.165) is 39.7 Å². The van der Waals surface area contributed by atoms with Crippen molar-refractivity contribution >= 4 is 34.5 Å². The van der Waals surface area contributed by atoms with E-state index in [0.29, 0.717) is 11.6 Å². The predicted octanol–water partition coefficient (Wildman–Crippen LogP) is 6.10. The lowest BCUT2D eigenvalue weighted by Gasteiger charge is -2.29. The lowest BCUT2D eigenvalue weighted by atomic mass is 10.1. The Hall–Kier alpha value is -3.15. The van der Waals surface area contributed by atoms with Crippen molar-refractivity contribution in [3.63, 3.8) is 0 Å². The molecular weight excluding hydrogens is 428 g/mol. The number of hydrogen-bond acceptors (Lipinski definition) is 4. The summed E-state index contributed by atoms with van der Waals surface area (Å²) in [7, 11) is 0. The number of nitrogens with zero attached hydrogens (tertiary/aromatic N) is 2. The summed E-state index contributed by atoms with van der Waals surface area (Å²) in [4.78, 5) is 19.2. The van der Waals surface area contributed by atoms with E-state index in [-0.39, 0.29) is 12.5 Å². The number of hydrogen-bond donors (Lipinski definition) is 0. The SMILES string of the molecule is O=C1COc2ccc(-c3csc(-c4ccccc4Cl)n3)cc2N1CCc1ccccc1. The lowest BCUT2D eigenvalue weighted by molar-refractivity contribution is -0.121. The average Bonchev–Trinajstić information content (AvgIpc) is 3.29. The minimum absolute atomic E-state index is 0.0318. The van der Waals surface area contributed by atoms with Gasteiger partial charge in [0.25, 0.3) is 5.91 Å². The van der Waals surface area contributed by atoms with E-state index in [1.165, 1.54) is 5.56 Å². The Balaban J connectivity index is 1.45. The van der Waals surface area contributed by atoms with Crippen molar-refractivity contribution in [2.75, 3.05) is 18.1 Å². The Morgan fingerprint density at radius 2 is 1.84 bits per heavy atom. The highest BCUT2D eigenvalue weighted by Crippen LogP contribution is 2.38. The second-order valence-corrected chi connectivity index (χ2v) is 8.54. The number of fused-ring (bicyclic) bond motifs is 1. The maximum absolute atomic E-state index is 12.6. The van der Waals surface area contributed by atoms with E-state index in [4.69, 9.17) is 21.3 Å². The number of aromatic nitrogens is 1. The summed E-state index contributed by atoms with van der Waals surface area (Å²) in [5.74, 6) is 0.689. The largest absolute Gasteiger partial charge is 0.482 e. The molecule has 1 aromatic heterocycles. The maximum Gasteiger partial charge on any atom is 0.265 e. The second kappa shape index (κ2) is 8.53. The van der Waals surface area contributed by atoms with E-state index in [2.05, 4.69) is 12.1 Å². The summed E-state index contributed by atoms with van der Waals surface area (Å²) in [6.07, 6.45) is 0.781. The van der Waals surface area contributed by atoms with Crippen molar-refractivity contribution in [3.05, 3.63) is 88.8 Å². The second-order valence-electron chi connectivity index (χ2n) is 7.27. The first-order chi connectivity index (χ1) is 15.2. The highest BCUT2D eigenvalue weighted by Gasteiger charge is 2.26. The number of thiazole rings is 1. The maximum atomic E-state index is 12.6. The summed E-state index contributed by atoms with van der Waals surface area (Å²) < 4.78 is 5.67. The van der Waals surface area contributed by atoms with Crippen LogP contribution in [0.5, 0.6) is 5.75 Å². The fourth-order valence-electron chi connectivity index (χ4n) is 3.66. The van der Waals surface area contributed by atoms with Gasteiger partial charge in [-0.2, -0.15) is 0 Å². The molecule has 154 valence electrons. The summed E-state index contributed by atoms with van der Waals surface area (Å²) in [6, 6.07) is 23.8. The summed E-state index contributed by atoms with van der Waals surface area (Å²) >= 11 is 7.89. The van der Waals surface area contributed by atoms with E-state index < -0.39 is 0 Å². The molecule has 0 atom stereocenters. The van der Waals surface area contributed by atoms with Crippen molar-refractivity contribution in [3.8, 4) is 27.6 Å². The van der Waals surface area contributed by atoms with Gasteiger partial charge in [-0.3, -0.25) is 4.79 Å². The first kappa shape index (κ1) is 19.8. The molecule has 4 nitrogen and oxygen atoms in total. The van der Waals surface area contributed by atoms with Gasteiger partial charge in [0.2, 0.25) is 0 Å². The van der Waals surface area contributed by atoms with Gasteiger partial charge in [-0.1, -0.05) is 60.1 Å². The van der Waals surface area contributed by atoms with E-state index in [1.807, 2.05) is 70.9 Å². The number of carbonyl (C=O) groups excluding carboxylic acids is 1. The zero-order valence-corrected chi connectivity index (χ0v) is 18.2. The molecule has 31 heavy (non-hydrogen) atoms. The van der Waals surface area contributed by atoms with Crippen LogP contribution in [0.4, 0.5) is 5.69 Å². The van der Waals surface area contributed by atoms with Gasteiger partial charge >= 0.3 is 0 Å². The smallest absolute Gasteiger partial charge is 0.265 e. The first-order valence-electron chi connectivity index (χ1n) is 10.0. The molecule has 3 aromatic carbocycles. The number of carbonyl (C=O) groups is 1. The molecule has 0 saturated carbocycles. The molecule has 0 N–H and O–H groups in total. The number of anilines is 1. The fourth-order valence-corrected chi connectivity index (χ4v) is 4.81. The quantitative estimate of drug-likeness (QED) is 0.372. The van der Waals surface area contributed by atoms with Crippen LogP contribution in [0.15, 0.2) is 78.2 Å². The van der Waals surface area contributed by atoms with Crippen LogP contribution in [0.1, 0.15) is 5.56 Å². The van der Waals surface area contributed by atoms with Gasteiger partial charge < -0.3 is 9.64 Å². The zero-order valence-electron chi connectivity index (χ0n) is 16.6. The Labute approximate surface area is 189 Å². The van der Waals surface area contributed by atoms with Gasteiger partial charge in [0.05, 0.1) is 16.4 Å². The lowest BCUT2D eigenvalue weighted by Crippen LogP contribution is -2.40. The molecule has 0 fully saturated rings. The molecule has 6 heteroatoms. The zero-order chi connectivity index (χ0) is 21.2. The molecule has 0 bridgehead atoms. The van der Waals surface area contributed by atoms with Gasteiger partial charge in [-0.15, -0.1) is 11.3 Å². The van der Waals surface area contributed by atoms with Crippen LogP contribution in [0.3, 0.4) is 0 Å². The molecule has 0 unspecified atom stereocenters.